The third kappa shape index (κ3) is 5.33. The lowest BCUT2D eigenvalue weighted by Crippen LogP contribution is -2.18. The minimum Gasteiger partial charge on any atom is -0.282 e. The highest BCUT2D eigenvalue weighted by Gasteiger charge is 2.25. The van der Waals surface area contributed by atoms with E-state index in [-0.39, 0.29) is 0 Å². The van der Waals surface area contributed by atoms with Gasteiger partial charge in [0, 0.05) is 0 Å². The van der Waals surface area contributed by atoms with E-state index < -0.39 is 52.5 Å². The molecule has 0 aliphatic heterocycles. The SMILES string of the molecule is Cc1ccc(S(=O)(=O)CCOS(=O)(=O)O)c(S(=O)(=O)O)c1. The molecule has 2 N–H and O–H groups in total. The lowest BCUT2D eigenvalue weighted by Gasteiger charge is -2.09. The van der Waals surface area contributed by atoms with Crippen molar-refractivity contribution in [3.8, 4) is 0 Å². The second kappa shape index (κ2) is 5.98. The second-order valence-electron chi connectivity index (χ2n) is 3.99. The molecular formula is C9H12O9S3. The quantitative estimate of drug-likeness (QED) is 0.659. The summed E-state index contributed by atoms with van der Waals surface area (Å²) in [6.45, 7) is 0.590. The fourth-order valence-electron chi connectivity index (χ4n) is 1.43. The van der Waals surface area contributed by atoms with Crippen LogP contribution in [0, 0.1) is 6.92 Å². The van der Waals surface area contributed by atoms with Crippen LogP contribution in [0.1, 0.15) is 5.56 Å². The first-order chi connectivity index (χ1) is 9.33. The molecule has 9 nitrogen and oxygen atoms in total. The van der Waals surface area contributed by atoms with Crippen LogP contribution in [-0.4, -0.2) is 46.7 Å². The summed E-state index contributed by atoms with van der Waals surface area (Å²) < 4.78 is 88.3. The molecule has 0 bridgehead atoms. The predicted molar refractivity (Wildman–Crippen MR) is 70.5 cm³/mol. The maximum Gasteiger partial charge on any atom is 0.397 e. The van der Waals surface area contributed by atoms with Gasteiger partial charge in [-0.1, -0.05) is 6.07 Å². The van der Waals surface area contributed by atoms with Gasteiger partial charge >= 0.3 is 10.4 Å². The molecule has 0 spiro atoms. The Bertz CT molecular complexity index is 834. The molecular weight excluding hydrogens is 348 g/mol. The Kier molecular flexibility index (Phi) is 5.13. The van der Waals surface area contributed by atoms with Gasteiger partial charge < -0.3 is 0 Å². The normalized spacial score (nSPS) is 13.3. The highest BCUT2D eigenvalue weighted by Crippen LogP contribution is 2.23. The third-order valence-corrected chi connectivity index (χ3v) is 5.51. The van der Waals surface area contributed by atoms with E-state index in [1.807, 2.05) is 0 Å². The molecule has 0 radical (unpaired) electrons. The van der Waals surface area contributed by atoms with E-state index in [9.17, 15) is 25.3 Å². The molecule has 0 saturated heterocycles. The van der Waals surface area contributed by atoms with Gasteiger partial charge in [-0.15, -0.1) is 0 Å². The Hall–Kier alpha value is -1.05. The van der Waals surface area contributed by atoms with Gasteiger partial charge in [0.25, 0.3) is 10.1 Å². The number of rotatable bonds is 6. The van der Waals surface area contributed by atoms with Crippen molar-refractivity contribution in [2.45, 2.75) is 16.7 Å². The van der Waals surface area contributed by atoms with E-state index in [2.05, 4.69) is 4.18 Å². The van der Waals surface area contributed by atoms with Gasteiger partial charge in [-0.3, -0.25) is 9.11 Å². The number of aryl methyl sites for hydroxylation is 1. The van der Waals surface area contributed by atoms with Crippen LogP contribution >= 0.6 is 0 Å². The summed E-state index contributed by atoms with van der Waals surface area (Å²) >= 11 is 0. The predicted octanol–water partition coefficient (Wildman–Crippen LogP) is -0.165. The number of hydrogen-bond acceptors (Lipinski definition) is 7. The molecule has 0 aromatic heterocycles. The summed E-state index contributed by atoms with van der Waals surface area (Å²) in [5, 5.41) is 0. The molecule has 1 aromatic carbocycles. The van der Waals surface area contributed by atoms with Crippen LogP contribution in [0.25, 0.3) is 0 Å². The highest BCUT2D eigenvalue weighted by atomic mass is 32.3. The van der Waals surface area contributed by atoms with Crippen LogP contribution < -0.4 is 0 Å². The smallest absolute Gasteiger partial charge is 0.282 e. The second-order valence-corrected chi connectivity index (χ2v) is 8.55. The third-order valence-electron chi connectivity index (χ3n) is 2.30. The van der Waals surface area contributed by atoms with Crippen molar-refractivity contribution >= 4 is 30.4 Å². The zero-order valence-corrected chi connectivity index (χ0v) is 13.1. The van der Waals surface area contributed by atoms with Crippen LogP contribution in [0.2, 0.25) is 0 Å². The Morgan fingerprint density at radius 3 is 2.05 bits per heavy atom. The Morgan fingerprint density at radius 2 is 1.57 bits per heavy atom. The summed E-state index contributed by atoms with van der Waals surface area (Å²) in [5.41, 5.74) is 0.399. The summed E-state index contributed by atoms with van der Waals surface area (Å²) in [6, 6.07) is 3.25. The van der Waals surface area contributed by atoms with Gasteiger partial charge in [-0.2, -0.15) is 16.8 Å². The Morgan fingerprint density at radius 1 is 1.00 bits per heavy atom. The van der Waals surface area contributed by atoms with Crippen LogP contribution in [0.4, 0.5) is 0 Å². The van der Waals surface area contributed by atoms with Crippen LogP contribution in [0.5, 0.6) is 0 Å². The lowest BCUT2D eigenvalue weighted by atomic mass is 10.2. The molecule has 0 aliphatic carbocycles. The minimum atomic E-state index is -4.81. The van der Waals surface area contributed by atoms with Gasteiger partial charge in [-0.05, 0) is 24.6 Å². The molecule has 0 atom stereocenters. The van der Waals surface area contributed by atoms with E-state index in [0.717, 1.165) is 12.1 Å². The van der Waals surface area contributed by atoms with E-state index in [1.54, 1.807) is 0 Å². The van der Waals surface area contributed by atoms with Gasteiger partial charge in [0.2, 0.25) is 0 Å². The molecule has 120 valence electrons. The molecule has 12 heteroatoms. The Labute approximate surface area is 122 Å². The van der Waals surface area contributed by atoms with Crippen LogP contribution in [-0.2, 0) is 34.5 Å². The molecule has 0 unspecified atom stereocenters. The van der Waals surface area contributed by atoms with Crippen molar-refractivity contribution in [1.29, 1.82) is 0 Å². The molecule has 0 saturated carbocycles. The fraction of sp³-hybridized carbons (Fsp3) is 0.333. The van der Waals surface area contributed by atoms with E-state index in [4.69, 9.17) is 9.11 Å². The van der Waals surface area contributed by atoms with Gasteiger partial charge in [0.05, 0.1) is 17.3 Å². The number of benzene rings is 1. The average Bonchev–Trinajstić information content (AvgIpc) is 2.25. The maximum atomic E-state index is 12.0. The van der Waals surface area contributed by atoms with Crippen molar-refractivity contribution in [3.63, 3.8) is 0 Å². The van der Waals surface area contributed by atoms with Gasteiger partial charge in [0.15, 0.2) is 9.84 Å². The van der Waals surface area contributed by atoms with Crippen LogP contribution in [0.3, 0.4) is 0 Å². The molecule has 21 heavy (non-hydrogen) atoms. The Balaban J connectivity index is 3.21. The molecule has 1 aromatic rings. The summed E-state index contributed by atoms with van der Waals surface area (Å²) in [5.74, 6) is -0.904. The van der Waals surface area contributed by atoms with Gasteiger partial charge in [-0.25, -0.2) is 12.6 Å². The molecule has 0 aliphatic rings. The van der Waals surface area contributed by atoms with Crippen molar-refractivity contribution < 1.29 is 38.5 Å². The first-order valence-corrected chi connectivity index (χ1v) is 9.71. The number of hydrogen-bond donors (Lipinski definition) is 2. The molecule has 1 rings (SSSR count). The summed E-state index contributed by atoms with van der Waals surface area (Å²) in [6.07, 6.45) is 0. The first kappa shape index (κ1) is 18.0. The summed E-state index contributed by atoms with van der Waals surface area (Å²) in [7, 11) is -13.8. The maximum absolute atomic E-state index is 12.0. The monoisotopic (exact) mass is 360 g/mol. The van der Waals surface area contributed by atoms with E-state index in [1.165, 1.54) is 13.0 Å². The topological polar surface area (TPSA) is 152 Å². The molecule has 0 amide bonds. The van der Waals surface area contributed by atoms with E-state index >= 15 is 0 Å². The largest absolute Gasteiger partial charge is 0.397 e. The first-order valence-electron chi connectivity index (χ1n) is 5.26. The average molecular weight is 360 g/mol. The van der Waals surface area contributed by atoms with Crippen molar-refractivity contribution in [2.75, 3.05) is 12.4 Å². The highest BCUT2D eigenvalue weighted by molar-refractivity contribution is 7.92. The molecule has 0 heterocycles. The molecule has 0 fully saturated rings. The van der Waals surface area contributed by atoms with Gasteiger partial charge in [0.1, 0.15) is 4.90 Å². The minimum absolute atomic E-state index is 0.399. The zero-order valence-electron chi connectivity index (χ0n) is 10.6. The lowest BCUT2D eigenvalue weighted by molar-refractivity contribution is 0.284. The van der Waals surface area contributed by atoms with Crippen molar-refractivity contribution in [1.82, 2.24) is 0 Å². The van der Waals surface area contributed by atoms with E-state index in [0.29, 0.717) is 5.56 Å². The number of sulfone groups is 1. The van der Waals surface area contributed by atoms with Crippen molar-refractivity contribution in [2.24, 2.45) is 0 Å². The summed E-state index contributed by atoms with van der Waals surface area (Å²) in [4.78, 5) is -1.50. The van der Waals surface area contributed by atoms with Crippen molar-refractivity contribution in [3.05, 3.63) is 23.8 Å². The fourth-order valence-corrected chi connectivity index (χ4v) is 4.35. The zero-order chi connectivity index (χ0) is 16.5. The standard InChI is InChI=1S/C9H12O9S3/c1-7-2-3-8(9(6-7)20(12,13)14)19(10,11)5-4-18-21(15,16)17/h2-3,6H,4-5H2,1H3,(H,12,13,14)(H,15,16,17). The van der Waals surface area contributed by atoms with Crippen LogP contribution in [0.15, 0.2) is 28.0 Å².